The highest BCUT2D eigenvalue weighted by Crippen LogP contribution is 2.39. The van der Waals surface area contributed by atoms with Gasteiger partial charge in [-0.2, -0.15) is 4.98 Å². The number of carbonyl (C=O) groups is 2. The maximum atomic E-state index is 12.8. The van der Waals surface area contributed by atoms with Crippen molar-refractivity contribution in [2.75, 3.05) is 48.6 Å². The number of carbonyl (C=O) groups excluding carboxylic acids is 2. The first kappa shape index (κ1) is 58.9. The lowest BCUT2D eigenvalue weighted by atomic mass is 9.79. The van der Waals surface area contributed by atoms with E-state index in [2.05, 4.69) is 34.1 Å². The summed E-state index contributed by atoms with van der Waals surface area (Å²) in [6, 6.07) is 22.9. The van der Waals surface area contributed by atoms with E-state index in [1.165, 1.54) is 0 Å². The lowest BCUT2D eigenvalue weighted by Gasteiger charge is -2.32. The number of aromatic nitrogens is 6. The second-order valence-electron chi connectivity index (χ2n) is 21.0. The number of methoxy groups -OCH3 is 5. The Hall–Kier alpha value is -7.29. The molecule has 1 N–H and O–H groups in total. The number of benzene rings is 3. The topological polar surface area (TPSA) is 194 Å². The first-order chi connectivity index (χ1) is 38.2. The van der Waals surface area contributed by atoms with E-state index < -0.39 is 0 Å². The van der Waals surface area contributed by atoms with Crippen LogP contribution in [0.2, 0.25) is 5.15 Å². The second-order valence-corrected chi connectivity index (χ2v) is 21.4. The van der Waals surface area contributed by atoms with Crippen LogP contribution in [-0.2, 0) is 32.0 Å². The maximum Gasteiger partial charge on any atom is 0.494 e. The zero-order valence-corrected chi connectivity index (χ0v) is 49.0. The summed E-state index contributed by atoms with van der Waals surface area (Å²) >= 11 is 6.19. The second kappa shape index (κ2) is 25.0. The number of ether oxygens (including phenoxy) is 7. The quantitative estimate of drug-likeness (QED) is 0.0669. The summed E-state index contributed by atoms with van der Waals surface area (Å²) in [7, 11) is 7.70. The minimum atomic E-state index is -0.384. The molecule has 0 radical (unpaired) electrons. The molecule has 0 aliphatic carbocycles. The molecule has 19 nitrogen and oxygen atoms in total. The lowest BCUT2D eigenvalue weighted by molar-refractivity contribution is -0.129. The Morgan fingerprint density at radius 1 is 0.675 bits per heavy atom. The molecular formula is C59H74BClN8O11. The van der Waals surface area contributed by atoms with Crippen LogP contribution in [0, 0.1) is 11.8 Å². The third-order valence-electron chi connectivity index (χ3n) is 15.6. The molecule has 3 aliphatic heterocycles. The molecule has 4 aromatic heterocycles. The van der Waals surface area contributed by atoms with Crippen LogP contribution in [0.1, 0.15) is 86.8 Å². The van der Waals surface area contributed by atoms with Gasteiger partial charge in [0.15, 0.2) is 23.0 Å². The van der Waals surface area contributed by atoms with Gasteiger partial charge in [0, 0.05) is 62.5 Å². The smallest absolute Gasteiger partial charge is 0.494 e. The normalized spacial score (nSPS) is 18.4. The predicted molar refractivity (Wildman–Crippen MR) is 308 cm³/mol. The summed E-state index contributed by atoms with van der Waals surface area (Å²) in [6.07, 6.45) is 4.10. The molecule has 0 spiro atoms. The molecule has 80 heavy (non-hydrogen) atoms. The number of nitrogens with one attached hydrogen (secondary N) is 1. The summed E-state index contributed by atoms with van der Waals surface area (Å²) in [6.45, 7) is 21.0. The SMILES string of the molecule is CCn1cnc2cc(-c3ccc(OC)c(OC)c3)nc(O[C@H](C)[C@H]3CNC(=O)C3)c21.CCn1cnc2cc(Cl)nc(O[C@H](C)[C@@H]3CC(=O)N([C@H](C)c4ccc(OC)cc4)C3)c21.COc1ccc(B2OC(C)(C)C(C)(C)O2)cc1OC. The highest BCUT2D eigenvalue weighted by molar-refractivity contribution is 6.62. The van der Waals surface area contributed by atoms with E-state index in [0.29, 0.717) is 65.8 Å². The molecule has 3 aromatic carbocycles. The van der Waals surface area contributed by atoms with Gasteiger partial charge in [-0.3, -0.25) is 9.59 Å². The summed E-state index contributed by atoms with van der Waals surface area (Å²) in [5.41, 5.74) is 6.15. The van der Waals surface area contributed by atoms with E-state index in [-0.39, 0.29) is 60.2 Å². The Kier molecular flexibility index (Phi) is 18.4. The number of likely N-dealkylation sites (tertiary alicyclic amines) is 1. The van der Waals surface area contributed by atoms with E-state index in [9.17, 15) is 9.59 Å². The molecule has 426 valence electrons. The third-order valence-corrected chi connectivity index (χ3v) is 15.8. The van der Waals surface area contributed by atoms with Crippen molar-refractivity contribution in [3.63, 3.8) is 0 Å². The number of pyridine rings is 2. The van der Waals surface area contributed by atoms with Crippen LogP contribution in [0.5, 0.6) is 40.5 Å². The highest BCUT2D eigenvalue weighted by atomic mass is 35.5. The van der Waals surface area contributed by atoms with E-state index in [0.717, 1.165) is 63.2 Å². The van der Waals surface area contributed by atoms with Crippen LogP contribution in [-0.4, -0.2) is 125 Å². The van der Waals surface area contributed by atoms with Gasteiger partial charge in [0.1, 0.15) is 34.1 Å². The summed E-state index contributed by atoms with van der Waals surface area (Å²) in [4.78, 5) is 44.5. The molecule has 3 fully saturated rings. The largest absolute Gasteiger partial charge is 0.497 e. The van der Waals surface area contributed by atoms with E-state index in [4.69, 9.17) is 59.1 Å². The van der Waals surface area contributed by atoms with Crippen molar-refractivity contribution in [1.29, 1.82) is 0 Å². The average molecular weight is 1120 g/mol. The van der Waals surface area contributed by atoms with Crippen molar-refractivity contribution in [2.24, 2.45) is 11.8 Å². The first-order valence-corrected chi connectivity index (χ1v) is 27.3. The fourth-order valence-corrected chi connectivity index (χ4v) is 10.1. The molecule has 2 amide bonds. The van der Waals surface area contributed by atoms with E-state index in [1.807, 2.05) is 129 Å². The molecule has 21 heteroatoms. The average Bonchev–Trinajstić information content (AvgIpc) is 4.36. The number of halogens is 1. The predicted octanol–water partition coefficient (Wildman–Crippen LogP) is 9.53. The van der Waals surface area contributed by atoms with Crippen LogP contribution in [0.4, 0.5) is 0 Å². The van der Waals surface area contributed by atoms with Crippen LogP contribution < -0.4 is 43.9 Å². The fraction of sp³-hybridized carbons (Fsp3) is 0.458. The number of imidazole rings is 2. The molecular weight excluding hydrogens is 1040 g/mol. The van der Waals surface area contributed by atoms with Gasteiger partial charge < -0.3 is 61.8 Å². The minimum absolute atomic E-state index is 0.0202. The van der Waals surface area contributed by atoms with Gasteiger partial charge in [-0.25, -0.2) is 15.0 Å². The Bertz CT molecular complexity index is 3280. The number of aryl methyl sites for hydroxylation is 2. The van der Waals surface area contributed by atoms with Gasteiger partial charge in [-0.1, -0.05) is 29.8 Å². The van der Waals surface area contributed by atoms with Crippen molar-refractivity contribution < 1.29 is 52.1 Å². The Morgan fingerprint density at radius 3 is 1.77 bits per heavy atom. The molecule has 7 heterocycles. The number of rotatable bonds is 17. The minimum Gasteiger partial charge on any atom is -0.497 e. The maximum absolute atomic E-state index is 12.8. The molecule has 7 aromatic rings. The van der Waals surface area contributed by atoms with Crippen molar-refractivity contribution in [3.05, 3.63) is 96.2 Å². The number of fused-ring (bicyclic) bond motifs is 2. The van der Waals surface area contributed by atoms with Gasteiger partial charge in [0.2, 0.25) is 23.6 Å². The van der Waals surface area contributed by atoms with E-state index in [1.54, 1.807) is 54.3 Å². The number of amides is 2. The van der Waals surface area contributed by atoms with Crippen molar-refractivity contribution >= 4 is 58.1 Å². The molecule has 10 rings (SSSR count). The first-order valence-electron chi connectivity index (χ1n) is 27.0. The van der Waals surface area contributed by atoms with Gasteiger partial charge in [-0.05, 0) is 122 Å². The zero-order chi connectivity index (χ0) is 57.6. The third kappa shape index (κ3) is 12.7. The van der Waals surface area contributed by atoms with Crippen LogP contribution in [0.3, 0.4) is 0 Å². The van der Waals surface area contributed by atoms with Crippen LogP contribution in [0.25, 0.3) is 33.3 Å². The molecule has 5 atom stereocenters. The monoisotopic (exact) mass is 1120 g/mol. The Labute approximate surface area is 473 Å². The van der Waals surface area contributed by atoms with Crippen LogP contribution in [0.15, 0.2) is 85.5 Å². The highest BCUT2D eigenvalue weighted by Gasteiger charge is 2.52. The Morgan fingerprint density at radius 2 is 1.23 bits per heavy atom. The zero-order valence-electron chi connectivity index (χ0n) is 48.3. The lowest BCUT2D eigenvalue weighted by Crippen LogP contribution is -2.41. The summed E-state index contributed by atoms with van der Waals surface area (Å²) in [5.74, 6) is 4.79. The number of hydrogen-bond acceptors (Lipinski definition) is 15. The van der Waals surface area contributed by atoms with Crippen molar-refractivity contribution in [2.45, 2.75) is 118 Å². The number of nitrogens with zero attached hydrogens (tertiary/aromatic N) is 7. The number of hydrogen-bond donors (Lipinski definition) is 1. The van der Waals surface area contributed by atoms with Gasteiger partial charge in [0.05, 0.1) is 82.2 Å². The summed E-state index contributed by atoms with van der Waals surface area (Å²) < 4.78 is 55.1. The molecule has 0 unspecified atom stereocenters. The molecule has 0 bridgehead atoms. The van der Waals surface area contributed by atoms with Crippen LogP contribution >= 0.6 is 11.6 Å². The molecule has 3 saturated heterocycles. The fourth-order valence-electron chi connectivity index (χ4n) is 9.87. The standard InChI is InChI=1S/C23H27ClN4O3.C22H26N4O4.C14H21BO4/c1-5-27-13-25-19-11-20(24)26-23(22(19)27)31-15(3)17-10-21(29)28(12-17)14(2)16-6-8-18(30-4)9-7-16;1-5-26-12-24-17-10-16(14-6-7-18(28-3)19(8-14)29-4)25-22(21(17)26)30-13(2)15-9-20(27)23-11-15;1-13(2)14(3,4)19-15(18-13)10-7-8-11(16-5)12(9-10)17-6/h6-9,11,13-15,17H,5,10,12H2,1-4H3;6-8,10,12-13,15H,5,9,11H2,1-4H3,(H,23,27);7-9H,1-6H3/t14-,15-,17-;13-,15-;/m11./s1. The Balaban J connectivity index is 0.000000163. The van der Waals surface area contributed by atoms with Crippen molar-refractivity contribution in [1.82, 2.24) is 39.3 Å². The van der Waals surface area contributed by atoms with Gasteiger partial charge in [0.25, 0.3) is 0 Å². The molecule has 3 aliphatic rings. The van der Waals surface area contributed by atoms with Crippen molar-refractivity contribution in [3.8, 4) is 51.8 Å². The van der Waals surface area contributed by atoms with E-state index >= 15 is 0 Å². The molecule has 0 saturated carbocycles. The van der Waals surface area contributed by atoms with Gasteiger partial charge >= 0.3 is 7.12 Å². The summed E-state index contributed by atoms with van der Waals surface area (Å²) in [5, 5.41) is 3.21. The van der Waals surface area contributed by atoms with Gasteiger partial charge in [-0.15, -0.1) is 0 Å².